The Balaban J connectivity index is 1.35. The molecule has 0 saturated heterocycles. The van der Waals surface area contributed by atoms with E-state index in [0.717, 1.165) is 38.8 Å². The minimum Gasteiger partial charge on any atom is -0.310 e. The van der Waals surface area contributed by atoms with E-state index in [1.807, 2.05) is 12.3 Å². The second-order valence-corrected chi connectivity index (χ2v) is 10.4. The molecule has 38 heavy (non-hydrogen) atoms. The summed E-state index contributed by atoms with van der Waals surface area (Å²) in [5.41, 5.74) is 11.8. The van der Waals surface area contributed by atoms with E-state index in [4.69, 9.17) is 0 Å². The highest BCUT2D eigenvalue weighted by Crippen LogP contribution is 2.51. The van der Waals surface area contributed by atoms with Crippen LogP contribution in [0.25, 0.3) is 33.2 Å². The molecule has 182 valence electrons. The van der Waals surface area contributed by atoms with Gasteiger partial charge in [-0.3, -0.25) is 0 Å². The van der Waals surface area contributed by atoms with Crippen molar-refractivity contribution in [2.45, 2.75) is 19.3 Å². The maximum absolute atomic E-state index is 4.59. The van der Waals surface area contributed by atoms with Gasteiger partial charge in [-0.15, -0.1) is 0 Å². The number of para-hydroxylation sites is 2. The van der Waals surface area contributed by atoms with Crippen LogP contribution in [0.2, 0.25) is 0 Å². The van der Waals surface area contributed by atoms with Gasteiger partial charge in [-0.25, -0.2) is 9.97 Å². The van der Waals surface area contributed by atoms with Crippen LogP contribution in [0.4, 0.5) is 17.1 Å². The third-order valence-electron chi connectivity index (χ3n) is 7.81. The quantitative estimate of drug-likeness (QED) is 0.248. The lowest BCUT2D eigenvalue weighted by Gasteiger charge is -2.42. The van der Waals surface area contributed by atoms with Crippen LogP contribution in [-0.2, 0) is 5.41 Å². The van der Waals surface area contributed by atoms with Crippen molar-refractivity contribution in [1.82, 2.24) is 9.97 Å². The van der Waals surface area contributed by atoms with Crippen LogP contribution in [0.15, 0.2) is 128 Å². The zero-order valence-electron chi connectivity index (χ0n) is 21.5. The van der Waals surface area contributed by atoms with Crippen LogP contribution in [0, 0.1) is 0 Å². The molecule has 0 fully saturated rings. The van der Waals surface area contributed by atoms with Crippen molar-refractivity contribution in [2.24, 2.45) is 0 Å². The molecule has 1 aromatic heterocycles. The molecule has 0 amide bonds. The van der Waals surface area contributed by atoms with Crippen molar-refractivity contribution in [3.05, 3.63) is 139 Å². The molecule has 0 radical (unpaired) electrons. The first kappa shape index (κ1) is 22.4. The minimum absolute atomic E-state index is 0.0651. The van der Waals surface area contributed by atoms with E-state index < -0.39 is 0 Å². The summed E-state index contributed by atoms with van der Waals surface area (Å²) in [6.45, 7) is 4.64. The Morgan fingerprint density at radius 3 is 1.92 bits per heavy atom. The fraction of sp³-hybridized carbons (Fsp3) is 0.0857. The van der Waals surface area contributed by atoms with Crippen LogP contribution in [-0.4, -0.2) is 9.97 Å². The molecule has 2 heterocycles. The first-order valence-corrected chi connectivity index (χ1v) is 13.0. The van der Waals surface area contributed by atoms with Crippen LogP contribution in [0.3, 0.4) is 0 Å². The maximum Gasteiger partial charge on any atom is 0.116 e. The monoisotopic (exact) mass is 489 g/mol. The average molecular weight is 490 g/mol. The van der Waals surface area contributed by atoms with Gasteiger partial charge in [0.15, 0.2) is 0 Å². The highest BCUT2D eigenvalue weighted by molar-refractivity contribution is 5.98. The fourth-order valence-corrected chi connectivity index (χ4v) is 5.86. The van der Waals surface area contributed by atoms with E-state index in [1.54, 1.807) is 6.33 Å². The smallest absolute Gasteiger partial charge is 0.116 e. The highest BCUT2D eigenvalue weighted by Gasteiger charge is 2.36. The molecule has 7 rings (SSSR count). The summed E-state index contributed by atoms with van der Waals surface area (Å²) in [6.07, 6.45) is 3.53. The number of anilines is 3. The predicted octanol–water partition coefficient (Wildman–Crippen LogP) is 9.07. The summed E-state index contributed by atoms with van der Waals surface area (Å²) >= 11 is 0. The van der Waals surface area contributed by atoms with Gasteiger partial charge in [-0.05, 0) is 69.8 Å². The van der Waals surface area contributed by atoms with Gasteiger partial charge in [0.25, 0.3) is 0 Å². The molecule has 5 aromatic carbocycles. The Morgan fingerprint density at radius 2 is 1.24 bits per heavy atom. The summed E-state index contributed by atoms with van der Waals surface area (Å²) in [7, 11) is 0. The first-order valence-electron chi connectivity index (χ1n) is 13.0. The second kappa shape index (κ2) is 8.67. The minimum atomic E-state index is -0.0651. The molecule has 0 unspecified atom stereocenters. The summed E-state index contributed by atoms with van der Waals surface area (Å²) in [5, 5.41) is 1.06. The summed E-state index contributed by atoms with van der Waals surface area (Å²) in [4.78, 5) is 11.3. The third kappa shape index (κ3) is 3.51. The number of rotatable bonds is 3. The number of nitrogens with zero attached hydrogens (tertiary/aromatic N) is 3. The van der Waals surface area contributed by atoms with Gasteiger partial charge < -0.3 is 4.90 Å². The molecule has 3 nitrogen and oxygen atoms in total. The van der Waals surface area contributed by atoms with Crippen LogP contribution in [0.5, 0.6) is 0 Å². The Bertz CT molecular complexity index is 1740. The Hall–Kier alpha value is -4.76. The maximum atomic E-state index is 4.59. The molecule has 0 atom stereocenters. The van der Waals surface area contributed by atoms with Crippen LogP contribution in [0.1, 0.15) is 25.0 Å². The Kier molecular flexibility index (Phi) is 5.12. The fourth-order valence-electron chi connectivity index (χ4n) is 5.86. The zero-order chi connectivity index (χ0) is 25.7. The van der Waals surface area contributed by atoms with E-state index in [0.29, 0.717) is 0 Å². The van der Waals surface area contributed by atoms with Crippen molar-refractivity contribution in [3.8, 4) is 22.3 Å². The van der Waals surface area contributed by atoms with E-state index >= 15 is 0 Å². The van der Waals surface area contributed by atoms with E-state index in [1.165, 1.54) is 22.5 Å². The van der Waals surface area contributed by atoms with Crippen molar-refractivity contribution in [1.29, 1.82) is 0 Å². The number of hydrogen-bond acceptors (Lipinski definition) is 3. The highest BCUT2D eigenvalue weighted by atomic mass is 15.2. The standard InChI is InChI=1S/C35H27N3/c1-35(2)30-12-6-8-14-33(30)38(34-15-9-7-13-31(34)35)27-18-16-24(17-19-27)26-20-28(25-10-4-3-5-11-25)29-22-36-23-37-32(29)21-26/h3-23H,1-2H3. The number of aromatic nitrogens is 2. The van der Waals surface area contributed by atoms with Gasteiger partial charge in [0.2, 0.25) is 0 Å². The molecule has 1 aliphatic heterocycles. The normalized spacial score (nSPS) is 13.7. The Labute approximate surface area is 223 Å². The Morgan fingerprint density at radius 1 is 0.605 bits per heavy atom. The summed E-state index contributed by atoms with van der Waals surface area (Å²) in [5.74, 6) is 0. The van der Waals surface area contributed by atoms with Crippen LogP contribution >= 0.6 is 0 Å². The van der Waals surface area contributed by atoms with Crippen molar-refractivity contribution in [3.63, 3.8) is 0 Å². The number of benzene rings is 5. The third-order valence-corrected chi connectivity index (χ3v) is 7.81. The molecular weight excluding hydrogens is 462 g/mol. The molecule has 6 aromatic rings. The molecule has 0 N–H and O–H groups in total. The van der Waals surface area contributed by atoms with E-state index in [2.05, 4.69) is 138 Å². The second-order valence-electron chi connectivity index (χ2n) is 10.4. The molecule has 0 spiro atoms. The lowest BCUT2D eigenvalue weighted by molar-refractivity contribution is 0.632. The number of hydrogen-bond donors (Lipinski definition) is 0. The molecule has 0 bridgehead atoms. The average Bonchev–Trinajstić information content (AvgIpc) is 2.98. The first-order chi connectivity index (χ1) is 18.6. The largest absolute Gasteiger partial charge is 0.310 e. The van der Waals surface area contributed by atoms with Gasteiger partial charge in [-0.2, -0.15) is 0 Å². The molecule has 0 aliphatic carbocycles. The van der Waals surface area contributed by atoms with Gasteiger partial charge in [0, 0.05) is 22.7 Å². The zero-order valence-corrected chi connectivity index (χ0v) is 21.5. The summed E-state index contributed by atoms with van der Waals surface area (Å²) < 4.78 is 0. The molecular formula is C35H27N3. The van der Waals surface area contributed by atoms with E-state index in [9.17, 15) is 0 Å². The summed E-state index contributed by atoms with van der Waals surface area (Å²) in [6, 6.07) is 41.3. The van der Waals surface area contributed by atoms with Crippen LogP contribution < -0.4 is 4.90 Å². The SMILES string of the molecule is CC1(C)c2ccccc2N(c2ccc(-c3cc(-c4ccccc4)c4cncnc4c3)cc2)c2ccccc21. The topological polar surface area (TPSA) is 29.0 Å². The lowest BCUT2D eigenvalue weighted by atomic mass is 9.73. The van der Waals surface area contributed by atoms with Crippen molar-refractivity contribution in [2.75, 3.05) is 4.90 Å². The lowest BCUT2D eigenvalue weighted by Crippen LogP contribution is -2.30. The van der Waals surface area contributed by atoms with Gasteiger partial charge in [0.05, 0.1) is 16.9 Å². The number of fused-ring (bicyclic) bond motifs is 3. The van der Waals surface area contributed by atoms with Gasteiger partial charge in [0.1, 0.15) is 6.33 Å². The molecule has 3 heteroatoms. The van der Waals surface area contributed by atoms with Crippen molar-refractivity contribution < 1.29 is 0 Å². The van der Waals surface area contributed by atoms with Crippen molar-refractivity contribution >= 4 is 28.0 Å². The molecule has 0 saturated carbocycles. The predicted molar refractivity (Wildman–Crippen MR) is 157 cm³/mol. The van der Waals surface area contributed by atoms with Gasteiger partial charge >= 0.3 is 0 Å². The van der Waals surface area contributed by atoms with E-state index in [-0.39, 0.29) is 5.41 Å². The van der Waals surface area contributed by atoms with Gasteiger partial charge in [-0.1, -0.05) is 92.7 Å². The molecule has 1 aliphatic rings.